The molecule has 2 N–H and O–H groups in total. The van der Waals surface area contributed by atoms with Crippen molar-refractivity contribution in [2.45, 2.75) is 12.8 Å². The van der Waals surface area contributed by atoms with Gasteiger partial charge in [0.25, 0.3) is 0 Å². The molecule has 0 aliphatic heterocycles. The average molecular weight is 239 g/mol. The Bertz CT molecular complexity index is 649. The number of rotatable bonds is 3. The average Bonchev–Trinajstić information content (AvgIpc) is 3.05. The predicted molar refractivity (Wildman–Crippen MR) is 69.6 cm³/mol. The molecular weight excluding hydrogens is 226 g/mol. The van der Waals surface area contributed by atoms with E-state index in [1.54, 1.807) is 12.4 Å². The molecule has 0 aliphatic carbocycles. The number of para-hydroxylation sites is 1. The number of hydrogen-bond donors (Lipinski definition) is 2. The minimum atomic E-state index is -0.233. The standard InChI is InChI=1S/C14H13N3O/c1-9(13(18)14-15-6-7-16-14)12-8-10-4-2-3-5-11(10)17-12/h2-9,17H,1H3,(H,15,16). The van der Waals surface area contributed by atoms with Crippen LogP contribution in [0.15, 0.2) is 42.7 Å². The first kappa shape index (κ1) is 10.8. The number of nitrogens with zero attached hydrogens (tertiary/aromatic N) is 1. The lowest BCUT2D eigenvalue weighted by molar-refractivity contribution is 0.0955. The molecule has 0 saturated heterocycles. The Morgan fingerprint density at radius 3 is 2.89 bits per heavy atom. The molecule has 3 aromatic rings. The van der Waals surface area contributed by atoms with Crippen LogP contribution in [-0.2, 0) is 0 Å². The first-order valence-corrected chi connectivity index (χ1v) is 5.87. The van der Waals surface area contributed by atoms with Gasteiger partial charge in [0.05, 0.1) is 5.92 Å². The second-order valence-electron chi connectivity index (χ2n) is 4.34. The normalized spacial score (nSPS) is 12.7. The molecule has 90 valence electrons. The molecule has 2 aromatic heterocycles. The first-order chi connectivity index (χ1) is 8.75. The van der Waals surface area contributed by atoms with Crippen molar-refractivity contribution in [3.8, 4) is 0 Å². The molecule has 1 aromatic carbocycles. The Balaban J connectivity index is 1.96. The zero-order valence-electron chi connectivity index (χ0n) is 9.97. The minimum Gasteiger partial charge on any atom is -0.358 e. The SMILES string of the molecule is CC(C(=O)c1ncc[nH]1)c1cc2ccccc2[nH]1. The number of imidazole rings is 1. The van der Waals surface area contributed by atoms with Gasteiger partial charge >= 0.3 is 0 Å². The van der Waals surface area contributed by atoms with Gasteiger partial charge in [-0.15, -0.1) is 0 Å². The molecule has 0 amide bonds. The molecule has 3 rings (SSSR count). The van der Waals surface area contributed by atoms with Crippen molar-refractivity contribution in [2.24, 2.45) is 0 Å². The molecule has 0 saturated carbocycles. The van der Waals surface area contributed by atoms with E-state index in [9.17, 15) is 4.79 Å². The highest BCUT2D eigenvalue weighted by molar-refractivity contribution is 5.98. The van der Waals surface area contributed by atoms with E-state index in [0.717, 1.165) is 16.6 Å². The predicted octanol–water partition coefficient (Wildman–Crippen LogP) is 2.88. The molecule has 0 fully saturated rings. The highest BCUT2D eigenvalue weighted by atomic mass is 16.1. The number of nitrogens with one attached hydrogen (secondary N) is 2. The number of benzene rings is 1. The fourth-order valence-electron chi connectivity index (χ4n) is 2.08. The third-order valence-electron chi connectivity index (χ3n) is 3.14. The van der Waals surface area contributed by atoms with Gasteiger partial charge in [-0.25, -0.2) is 4.98 Å². The number of Topliss-reactive ketones (excluding diaryl/α,β-unsaturated/α-hetero) is 1. The van der Waals surface area contributed by atoms with Crippen LogP contribution in [0.1, 0.15) is 29.2 Å². The maximum Gasteiger partial charge on any atom is 0.206 e. The van der Waals surface area contributed by atoms with Gasteiger partial charge in [-0.1, -0.05) is 18.2 Å². The summed E-state index contributed by atoms with van der Waals surface area (Å²) >= 11 is 0. The van der Waals surface area contributed by atoms with E-state index in [2.05, 4.69) is 15.0 Å². The lowest BCUT2D eigenvalue weighted by atomic mass is 10.0. The van der Waals surface area contributed by atoms with Crippen molar-refractivity contribution in [3.63, 3.8) is 0 Å². The quantitative estimate of drug-likeness (QED) is 0.690. The second kappa shape index (κ2) is 4.14. The zero-order chi connectivity index (χ0) is 12.5. The Morgan fingerprint density at radius 2 is 2.17 bits per heavy atom. The number of carbonyl (C=O) groups excluding carboxylic acids is 1. The van der Waals surface area contributed by atoms with Gasteiger partial charge in [-0.3, -0.25) is 4.79 Å². The summed E-state index contributed by atoms with van der Waals surface area (Å²) in [6, 6.07) is 10.0. The molecule has 2 heterocycles. The van der Waals surface area contributed by atoms with Crippen LogP contribution >= 0.6 is 0 Å². The van der Waals surface area contributed by atoms with Gasteiger partial charge in [0.15, 0.2) is 5.82 Å². The van der Waals surface area contributed by atoms with E-state index >= 15 is 0 Å². The van der Waals surface area contributed by atoms with Gasteiger partial charge < -0.3 is 9.97 Å². The van der Waals surface area contributed by atoms with Crippen LogP contribution in [0.2, 0.25) is 0 Å². The second-order valence-corrected chi connectivity index (χ2v) is 4.34. The third-order valence-corrected chi connectivity index (χ3v) is 3.14. The van der Waals surface area contributed by atoms with E-state index < -0.39 is 0 Å². The molecule has 4 heteroatoms. The molecule has 1 atom stereocenters. The van der Waals surface area contributed by atoms with Crippen LogP contribution in [0.25, 0.3) is 10.9 Å². The van der Waals surface area contributed by atoms with Crippen LogP contribution in [-0.4, -0.2) is 20.7 Å². The fourth-order valence-corrected chi connectivity index (χ4v) is 2.08. The van der Waals surface area contributed by atoms with Gasteiger partial charge in [0, 0.05) is 23.6 Å². The molecule has 0 spiro atoms. The van der Waals surface area contributed by atoms with Crippen LogP contribution in [0.4, 0.5) is 0 Å². The summed E-state index contributed by atoms with van der Waals surface area (Å²) in [5.74, 6) is 0.163. The number of aromatic nitrogens is 3. The summed E-state index contributed by atoms with van der Waals surface area (Å²) in [5, 5.41) is 1.12. The van der Waals surface area contributed by atoms with Gasteiger partial charge in [-0.05, 0) is 24.4 Å². The van der Waals surface area contributed by atoms with Crippen LogP contribution in [0.3, 0.4) is 0 Å². The lowest BCUT2D eigenvalue weighted by Crippen LogP contribution is -2.11. The number of fused-ring (bicyclic) bond motifs is 1. The Morgan fingerprint density at radius 1 is 1.33 bits per heavy atom. The van der Waals surface area contributed by atoms with Crippen LogP contribution in [0.5, 0.6) is 0 Å². The van der Waals surface area contributed by atoms with E-state index in [1.807, 2.05) is 37.3 Å². The topological polar surface area (TPSA) is 61.5 Å². The van der Waals surface area contributed by atoms with Gasteiger partial charge in [-0.2, -0.15) is 0 Å². The largest absolute Gasteiger partial charge is 0.358 e. The van der Waals surface area contributed by atoms with Crippen molar-refractivity contribution in [3.05, 3.63) is 54.2 Å². The molecule has 0 bridgehead atoms. The Labute approximate surface area is 104 Å². The summed E-state index contributed by atoms with van der Waals surface area (Å²) in [6.45, 7) is 1.88. The Hall–Kier alpha value is -2.36. The van der Waals surface area contributed by atoms with Gasteiger partial charge in [0.2, 0.25) is 5.78 Å². The summed E-state index contributed by atoms with van der Waals surface area (Å²) in [6.07, 6.45) is 3.25. The van der Waals surface area contributed by atoms with Crippen molar-refractivity contribution in [1.82, 2.24) is 15.0 Å². The third kappa shape index (κ3) is 1.72. The summed E-state index contributed by atoms with van der Waals surface area (Å²) in [4.78, 5) is 22.3. The summed E-state index contributed by atoms with van der Waals surface area (Å²) in [7, 11) is 0. The molecule has 0 radical (unpaired) electrons. The minimum absolute atomic E-state index is 0.00782. The smallest absolute Gasteiger partial charge is 0.206 e. The van der Waals surface area contributed by atoms with E-state index in [-0.39, 0.29) is 11.7 Å². The Kier molecular flexibility index (Phi) is 2.48. The number of hydrogen-bond acceptors (Lipinski definition) is 2. The number of H-pyrrole nitrogens is 2. The van der Waals surface area contributed by atoms with Crippen molar-refractivity contribution >= 4 is 16.7 Å². The van der Waals surface area contributed by atoms with E-state index in [4.69, 9.17) is 0 Å². The summed E-state index contributed by atoms with van der Waals surface area (Å²) < 4.78 is 0. The number of ketones is 1. The van der Waals surface area contributed by atoms with Crippen LogP contribution in [0, 0.1) is 0 Å². The number of carbonyl (C=O) groups is 1. The molecule has 0 aliphatic rings. The zero-order valence-corrected chi connectivity index (χ0v) is 9.97. The number of aromatic amines is 2. The first-order valence-electron chi connectivity index (χ1n) is 5.87. The maximum absolute atomic E-state index is 12.2. The monoisotopic (exact) mass is 239 g/mol. The van der Waals surface area contributed by atoms with Crippen molar-refractivity contribution in [2.75, 3.05) is 0 Å². The summed E-state index contributed by atoms with van der Waals surface area (Å²) in [5.41, 5.74) is 1.96. The van der Waals surface area contributed by atoms with Gasteiger partial charge in [0.1, 0.15) is 0 Å². The molecule has 18 heavy (non-hydrogen) atoms. The van der Waals surface area contributed by atoms with Crippen LogP contribution < -0.4 is 0 Å². The van der Waals surface area contributed by atoms with Crippen molar-refractivity contribution in [1.29, 1.82) is 0 Å². The van der Waals surface area contributed by atoms with Crippen molar-refractivity contribution < 1.29 is 4.79 Å². The highest BCUT2D eigenvalue weighted by Gasteiger charge is 2.20. The highest BCUT2D eigenvalue weighted by Crippen LogP contribution is 2.23. The molecule has 4 nitrogen and oxygen atoms in total. The lowest BCUT2D eigenvalue weighted by Gasteiger charge is -2.05. The van der Waals surface area contributed by atoms with E-state index in [1.165, 1.54) is 0 Å². The molecule has 1 unspecified atom stereocenters. The maximum atomic E-state index is 12.2. The fraction of sp³-hybridized carbons (Fsp3) is 0.143. The van der Waals surface area contributed by atoms with E-state index in [0.29, 0.717) is 5.82 Å². The molecular formula is C14H13N3O.